The minimum Gasteiger partial charge on any atom is -0.488 e. The highest BCUT2D eigenvalue weighted by atomic mass is 19.4. The largest absolute Gasteiger partial charge is 0.488 e. The molecular formula is C33H33F3N4O5. The number of likely N-dealkylation sites (tertiary alicyclic amines) is 1. The maximum absolute atomic E-state index is 14.2. The number of ether oxygens (including phenoxy) is 2. The third-order valence-corrected chi connectivity index (χ3v) is 9.37. The minimum atomic E-state index is -4.46. The molecule has 236 valence electrons. The third-order valence-electron chi connectivity index (χ3n) is 9.37. The van der Waals surface area contributed by atoms with Gasteiger partial charge in [-0.05, 0) is 66.8 Å². The first kappa shape index (κ1) is 29.7. The molecule has 4 aliphatic rings. The Morgan fingerprint density at radius 1 is 0.978 bits per heavy atom. The molecule has 45 heavy (non-hydrogen) atoms. The third kappa shape index (κ3) is 6.00. The highest BCUT2D eigenvalue weighted by molar-refractivity contribution is 6.05. The summed E-state index contributed by atoms with van der Waals surface area (Å²) in [6.07, 6.45) is -3.34. The summed E-state index contributed by atoms with van der Waals surface area (Å²) >= 11 is 0. The molecule has 4 aliphatic heterocycles. The molecule has 0 radical (unpaired) electrons. The second-order valence-electron chi connectivity index (χ2n) is 12.4. The van der Waals surface area contributed by atoms with Crippen LogP contribution < -0.4 is 10.1 Å². The Bertz CT molecular complexity index is 1660. The van der Waals surface area contributed by atoms with E-state index >= 15 is 0 Å². The Balaban J connectivity index is 1.04. The van der Waals surface area contributed by atoms with Gasteiger partial charge in [0.1, 0.15) is 23.8 Å². The van der Waals surface area contributed by atoms with Gasteiger partial charge in [-0.2, -0.15) is 13.2 Å². The van der Waals surface area contributed by atoms with Gasteiger partial charge in [-0.25, -0.2) is 0 Å². The van der Waals surface area contributed by atoms with E-state index in [1.165, 1.54) is 17.0 Å². The van der Waals surface area contributed by atoms with Crippen LogP contribution in [0, 0.1) is 5.92 Å². The lowest BCUT2D eigenvalue weighted by Crippen LogP contribution is -2.52. The van der Waals surface area contributed by atoms with Crippen LogP contribution in [0.1, 0.15) is 58.8 Å². The number of carbonyl (C=O) groups is 3. The lowest BCUT2D eigenvalue weighted by Gasteiger charge is -2.29. The molecule has 3 amide bonds. The van der Waals surface area contributed by atoms with Gasteiger partial charge in [0.25, 0.3) is 5.91 Å². The average molecular weight is 623 g/mol. The zero-order valence-corrected chi connectivity index (χ0v) is 24.5. The molecular weight excluding hydrogens is 589 g/mol. The van der Waals surface area contributed by atoms with Gasteiger partial charge < -0.3 is 14.4 Å². The number of rotatable bonds is 6. The van der Waals surface area contributed by atoms with Crippen molar-refractivity contribution in [2.45, 2.75) is 63.0 Å². The first-order valence-corrected chi connectivity index (χ1v) is 15.3. The number of hydrogen-bond donors (Lipinski definition) is 1. The van der Waals surface area contributed by atoms with Gasteiger partial charge in [0.2, 0.25) is 11.8 Å². The molecule has 12 heteroatoms. The van der Waals surface area contributed by atoms with Crippen molar-refractivity contribution in [3.05, 3.63) is 70.9 Å². The Morgan fingerprint density at radius 2 is 1.80 bits per heavy atom. The van der Waals surface area contributed by atoms with Gasteiger partial charge >= 0.3 is 6.18 Å². The Kier molecular flexibility index (Phi) is 7.73. The molecule has 1 N–H and O–H groups in total. The second kappa shape index (κ2) is 11.7. The standard InChI is InChI=1S/C33H33F3N4O5/c34-33(35,36)25-17-39(15-19-1-5-27-21(13-19)2-6-26(37-27)20-9-11-44-12-10-20)18-29(25)45-23-3-4-24-22(14-23)16-40(32(24)43)28-7-8-30(41)38-31(28)42/h1-6,13-14,20,25,28-29H,7-12,15-18H2,(H,38,41,42)/t25?,28?,29-/m1/s1. The predicted octanol–water partition coefficient (Wildman–Crippen LogP) is 4.33. The molecule has 3 aromatic rings. The lowest BCUT2D eigenvalue weighted by atomic mass is 9.95. The fraction of sp³-hybridized carbons (Fsp3) is 0.455. The van der Waals surface area contributed by atoms with Crippen molar-refractivity contribution in [3.63, 3.8) is 0 Å². The van der Waals surface area contributed by atoms with Crippen LogP contribution in [-0.4, -0.2) is 77.1 Å². The number of fused-ring (bicyclic) bond motifs is 2. The number of benzene rings is 2. The number of pyridine rings is 1. The smallest absolute Gasteiger partial charge is 0.396 e. The van der Waals surface area contributed by atoms with Gasteiger partial charge in [-0.3, -0.25) is 29.6 Å². The summed E-state index contributed by atoms with van der Waals surface area (Å²) in [5, 5.41) is 3.21. The molecule has 2 unspecified atom stereocenters. The zero-order chi connectivity index (χ0) is 31.3. The van der Waals surface area contributed by atoms with E-state index in [0.29, 0.717) is 23.6 Å². The van der Waals surface area contributed by atoms with E-state index in [-0.39, 0.29) is 50.0 Å². The number of aromatic nitrogens is 1. The summed E-state index contributed by atoms with van der Waals surface area (Å²) in [6.45, 7) is 1.81. The number of imide groups is 1. The van der Waals surface area contributed by atoms with E-state index in [9.17, 15) is 27.6 Å². The summed E-state index contributed by atoms with van der Waals surface area (Å²) in [6, 6.07) is 13.8. The fourth-order valence-corrected chi connectivity index (χ4v) is 6.98. The van der Waals surface area contributed by atoms with E-state index in [1.54, 1.807) is 11.0 Å². The van der Waals surface area contributed by atoms with Gasteiger partial charge in [-0.15, -0.1) is 0 Å². The molecule has 9 nitrogen and oxygen atoms in total. The van der Waals surface area contributed by atoms with Crippen molar-refractivity contribution in [2.75, 3.05) is 26.3 Å². The van der Waals surface area contributed by atoms with Crippen LogP contribution in [0.5, 0.6) is 5.75 Å². The highest BCUT2D eigenvalue weighted by Gasteiger charge is 2.51. The van der Waals surface area contributed by atoms with Crippen LogP contribution in [0.25, 0.3) is 10.9 Å². The molecule has 2 aromatic carbocycles. The molecule has 0 spiro atoms. The maximum Gasteiger partial charge on any atom is 0.396 e. The van der Waals surface area contributed by atoms with Crippen molar-refractivity contribution in [3.8, 4) is 5.75 Å². The van der Waals surface area contributed by atoms with Crippen LogP contribution >= 0.6 is 0 Å². The molecule has 1 aromatic heterocycles. The fourth-order valence-electron chi connectivity index (χ4n) is 6.98. The lowest BCUT2D eigenvalue weighted by molar-refractivity contribution is -0.186. The van der Waals surface area contributed by atoms with Crippen LogP contribution in [0.15, 0.2) is 48.5 Å². The Labute approximate surface area is 257 Å². The van der Waals surface area contributed by atoms with E-state index in [1.807, 2.05) is 30.3 Å². The first-order chi connectivity index (χ1) is 21.6. The van der Waals surface area contributed by atoms with E-state index in [4.69, 9.17) is 14.5 Å². The summed E-state index contributed by atoms with van der Waals surface area (Å²) < 4.78 is 54.0. The number of halogens is 3. The average Bonchev–Trinajstić information content (AvgIpc) is 3.57. The summed E-state index contributed by atoms with van der Waals surface area (Å²) in [5.74, 6) is -2.32. The highest BCUT2D eigenvalue weighted by Crippen LogP contribution is 2.38. The minimum absolute atomic E-state index is 0.0849. The first-order valence-electron chi connectivity index (χ1n) is 15.3. The monoisotopic (exact) mass is 622 g/mol. The SMILES string of the molecule is O=C1CCC(N2Cc3cc(O[C@@H]4CN(Cc5ccc6nc(C7CCOCC7)ccc6c5)CC4C(F)(F)F)ccc3C2=O)C(=O)N1. The van der Waals surface area contributed by atoms with Crippen LogP contribution in [0.2, 0.25) is 0 Å². The number of nitrogens with one attached hydrogen (secondary N) is 1. The normalized spacial score (nSPS) is 24.7. The maximum atomic E-state index is 14.2. The number of piperidine rings is 1. The van der Waals surface area contributed by atoms with E-state index < -0.39 is 30.1 Å². The molecule has 0 saturated carbocycles. The van der Waals surface area contributed by atoms with Crippen LogP contribution in [0.3, 0.4) is 0 Å². The van der Waals surface area contributed by atoms with Gasteiger partial charge in [-0.1, -0.05) is 12.1 Å². The van der Waals surface area contributed by atoms with E-state index in [2.05, 4.69) is 5.32 Å². The molecule has 0 bridgehead atoms. The second-order valence-corrected chi connectivity index (χ2v) is 12.4. The quantitative estimate of drug-likeness (QED) is 0.409. The Morgan fingerprint density at radius 3 is 2.58 bits per heavy atom. The molecule has 3 saturated heterocycles. The number of alkyl halides is 3. The topological polar surface area (TPSA) is 101 Å². The Hall–Kier alpha value is -4.03. The van der Waals surface area contributed by atoms with E-state index in [0.717, 1.165) is 48.2 Å². The number of carbonyl (C=O) groups excluding carboxylic acids is 3. The predicted molar refractivity (Wildman–Crippen MR) is 156 cm³/mol. The van der Waals surface area contributed by atoms with Crippen LogP contribution in [0.4, 0.5) is 13.2 Å². The van der Waals surface area contributed by atoms with Crippen molar-refractivity contribution in [1.29, 1.82) is 0 Å². The summed E-state index contributed by atoms with van der Waals surface area (Å²) in [4.78, 5) is 44.9. The van der Waals surface area contributed by atoms with Gasteiger partial charge in [0.15, 0.2) is 0 Å². The van der Waals surface area contributed by atoms with Crippen molar-refractivity contribution < 1.29 is 37.0 Å². The van der Waals surface area contributed by atoms with Gasteiger partial charge in [0.05, 0.1) is 5.52 Å². The van der Waals surface area contributed by atoms with Crippen LogP contribution in [-0.2, 0) is 27.4 Å². The number of nitrogens with zero attached hydrogens (tertiary/aromatic N) is 3. The molecule has 3 atom stereocenters. The molecule has 5 heterocycles. The summed E-state index contributed by atoms with van der Waals surface area (Å²) in [5.41, 5.74) is 3.76. The molecule has 3 fully saturated rings. The number of hydrogen-bond acceptors (Lipinski definition) is 7. The van der Waals surface area contributed by atoms with Crippen molar-refractivity contribution in [2.24, 2.45) is 5.92 Å². The number of amides is 3. The van der Waals surface area contributed by atoms with Crippen molar-refractivity contribution >= 4 is 28.6 Å². The van der Waals surface area contributed by atoms with Crippen molar-refractivity contribution in [1.82, 2.24) is 20.1 Å². The summed E-state index contributed by atoms with van der Waals surface area (Å²) in [7, 11) is 0. The molecule has 0 aliphatic carbocycles. The molecule has 7 rings (SSSR count). The zero-order valence-electron chi connectivity index (χ0n) is 24.5. The van der Waals surface area contributed by atoms with Gasteiger partial charge in [0, 0.05) is 68.4 Å².